The maximum Gasteiger partial charge on any atom is 0.0521 e. The van der Waals surface area contributed by atoms with Crippen LogP contribution in [-0.2, 0) is 0 Å². The molecule has 0 bridgehead atoms. The fraction of sp³-hybridized carbons (Fsp3) is 0.833. The van der Waals surface area contributed by atoms with Crippen LogP contribution in [0, 0.1) is 5.92 Å². The van der Waals surface area contributed by atoms with Gasteiger partial charge in [0.15, 0.2) is 0 Å². The molecular formula is C12H19Cl. The Balaban J connectivity index is 1.70. The van der Waals surface area contributed by atoms with E-state index in [9.17, 15) is 0 Å². The molecule has 1 saturated carbocycles. The number of halogens is 1. The molecule has 2 aliphatic rings. The number of alkyl halides is 1. The van der Waals surface area contributed by atoms with Crippen molar-refractivity contribution < 1.29 is 0 Å². The molecule has 2 rings (SSSR count). The van der Waals surface area contributed by atoms with Crippen LogP contribution in [0.15, 0.2) is 11.6 Å². The Morgan fingerprint density at radius 3 is 2.62 bits per heavy atom. The standard InChI is InChI=1S/C12H19Cl/c13-12-8-7-11(9-12)6-5-10-3-1-2-4-10/h9-10,12H,1-8H2. The first kappa shape index (κ1) is 9.58. The summed E-state index contributed by atoms with van der Waals surface area (Å²) in [6.45, 7) is 0. The van der Waals surface area contributed by atoms with Gasteiger partial charge in [0.25, 0.3) is 0 Å². The highest BCUT2D eigenvalue weighted by atomic mass is 35.5. The molecule has 0 aromatic heterocycles. The quantitative estimate of drug-likeness (QED) is 0.469. The van der Waals surface area contributed by atoms with Crippen molar-refractivity contribution >= 4 is 11.6 Å². The van der Waals surface area contributed by atoms with Gasteiger partial charge in [-0.15, -0.1) is 11.6 Å². The van der Waals surface area contributed by atoms with Gasteiger partial charge in [-0.1, -0.05) is 37.3 Å². The molecule has 0 aromatic carbocycles. The maximum absolute atomic E-state index is 6.03. The minimum atomic E-state index is 0.346. The molecule has 74 valence electrons. The molecule has 0 aliphatic heterocycles. The summed E-state index contributed by atoms with van der Waals surface area (Å²) in [6, 6.07) is 0. The Bertz CT molecular complexity index is 189. The van der Waals surface area contributed by atoms with Gasteiger partial charge in [-0.25, -0.2) is 0 Å². The summed E-state index contributed by atoms with van der Waals surface area (Å²) in [7, 11) is 0. The lowest BCUT2D eigenvalue weighted by atomic mass is 9.98. The third-order valence-electron chi connectivity index (χ3n) is 3.51. The van der Waals surface area contributed by atoms with E-state index in [4.69, 9.17) is 11.6 Å². The monoisotopic (exact) mass is 198 g/mol. The van der Waals surface area contributed by atoms with Crippen molar-refractivity contribution in [2.24, 2.45) is 5.92 Å². The predicted octanol–water partition coefficient (Wildman–Crippen LogP) is 4.28. The molecule has 0 radical (unpaired) electrons. The average Bonchev–Trinajstić information content (AvgIpc) is 2.71. The first-order valence-corrected chi connectivity index (χ1v) is 6.12. The molecule has 1 atom stereocenters. The zero-order valence-corrected chi connectivity index (χ0v) is 9.02. The lowest BCUT2D eigenvalue weighted by molar-refractivity contribution is 0.500. The second-order valence-electron chi connectivity index (χ2n) is 4.57. The predicted molar refractivity (Wildman–Crippen MR) is 58.2 cm³/mol. The van der Waals surface area contributed by atoms with Crippen molar-refractivity contribution in [2.75, 3.05) is 0 Å². The lowest BCUT2D eigenvalue weighted by Crippen LogP contribution is -1.93. The molecule has 0 saturated heterocycles. The number of rotatable bonds is 3. The van der Waals surface area contributed by atoms with E-state index < -0.39 is 0 Å². The average molecular weight is 199 g/mol. The van der Waals surface area contributed by atoms with E-state index in [1.54, 1.807) is 5.57 Å². The van der Waals surface area contributed by atoms with Crippen LogP contribution in [0.3, 0.4) is 0 Å². The van der Waals surface area contributed by atoms with Gasteiger partial charge in [0.2, 0.25) is 0 Å². The summed E-state index contributed by atoms with van der Waals surface area (Å²) in [5, 5.41) is 0.346. The van der Waals surface area contributed by atoms with Crippen LogP contribution >= 0.6 is 11.6 Å². The molecule has 0 N–H and O–H groups in total. The van der Waals surface area contributed by atoms with E-state index >= 15 is 0 Å². The van der Waals surface area contributed by atoms with Gasteiger partial charge >= 0.3 is 0 Å². The van der Waals surface area contributed by atoms with Crippen molar-refractivity contribution in [3.8, 4) is 0 Å². The van der Waals surface area contributed by atoms with Crippen LogP contribution in [0.4, 0.5) is 0 Å². The van der Waals surface area contributed by atoms with Gasteiger partial charge in [0.05, 0.1) is 5.38 Å². The van der Waals surface area contributed by atoms with Crippen LogP contribution in [0.2, 0.25) is 0 Å². The normalized spacial score (nSPS) is 29.6. The zero-order valence-electron chi connectivity index (χ0n) is 8.27. The molecular weight excluding hydrogens is 180 g/mol. The highest BCUT2D eigenvalue weighted by Crippen LogP contribution is 2.32. The van der Waals surface area contributed by atoms with E-state index in [-0.39, 0.29) is 0 Å². The highest BCUT2D eigenvalue weighted by Gasteiger charge is 2.17. The first-order chi connectivity index (χ1) is 6.34. The Hall–Kier alpha value is 0.0300. The number of hydrogen-bond donors (Lipinski definition) is 0. The molecule has 0 heterocycles. The Morgan fingerprint density at radius 2 is 2.00 bits per heavy atom. The van der Waals surface area contributed by atoms with Crippen molar-refractivity contribution in [3.05, 3.63) is 11.6 Å². The summed E-state index contributed by atoms with van der Waals surface area (Å²) in [5.74, 6) is 1.04. The minimum Gasteiger partial charge on any atom is -0.118 e. The van der Waals surface area contributed by atoms with Gasteiger partial charge in [0, 0.05) is 0 Å². The molecule has 13 heavy (non-hydrogen) atoms. The minimum absolute atomic E-state index is 0.346. The van der Waals surface area contributed by atoms with Gasteiger partial charge in [-0.3, -0.25) is 0 Å². The largest absolute Gasteiger partial charge is 0.118 e. The van der Waals surface area contributed by atoms with E-state index in [2.05, 4.69) is 6.08 Å². The molecule has 1 fully saturated rings. The second-order valence-corrected chi connectivity index (χ2v) is 5.13. The fourth-order valence-corrected chi connectivity index (χ4v) is 2.93. The zero-order chi connectivity index (χ0) is 9.10. The van der Waals surface area contributed by atoms with Crippen LogP contribution in [-0.4, -0.2) is 5.38 Å². The second kappa shape index (κ2) is 4.50. The van der Waals surface area contributed by atoms with Crippen LogP contribution in [0.1, 0.15) is 51.4 Å². The van der Waals surface area contributed by atoms with Crippen LogP contribution in [0.5, 0.6) is 0 Å². The lowest BCUT2D eigenvalue weighted by Gasteiger charge is -2.08. The van der Waals surface area contributed by atoms with Crippen LogP contribution < -0.4 is 0 Å². The van der Waals surface area contributed by atoms with Gasteiger partial charge in [0.1, 0.15) is 0 Å². The summed E-state index contributed by atoms with van der Waals surface area (Å²) in [5.41, 5.74) is 1.63. The van der Waals surface area contributed by atoms with Crippen molar-refractivity contribution in [1.82, 2.24) is 0 Å². The van der Waals surface area contributed by atoms with Gasteiger partial charge in [-0.2, -0.15) is 0 Å². The molecule has 0 nitrogen and oxygen atoms in total. The summed E-state index contributed by atoms with van der Waals surface area (Å²) < 4.78 is 0. The number of allylic oxidation sites excluding steroid dienone is 2. The molecule has 0 aromatic rings. The molecule has 0 spiro atoms. The van der Waals surface area contributed by atoms with Gasteiger partial charge in [-0.05, 0) is 31.6 Å². The number of hydrogen-bond acceptors (Lipinski definition) is 0. The maximum atomic E-state index is 6.03. The van der Waals surface area contributed by atoms with Gasteiger partial charge < -0.3 is 0 Å². The van der Waals surface area contributed by atoms with Crippen molar-refractivity contribution in [2.45, 2.75) is 56.7 Å². The third-order valence-corrected chi connectivity index (χ3v) is 3.85. The summed E-state index contributed by atoms with van der Waals surface area (Å²) >= 11 is 6.03. The Morgan fingerprint density at radius 1 is 1.23 bits per heavy atom. The van der Waals surface area contributed by atoms with E-state index in [0.29, 0.717) is 5.38 Å². The first-order valence-electron chi connectivity index (χ1n) is 5.68. The van der Waals surface area contributed by atoms with E-state index in [1.807, 2.05) is 0 Å². The smallest absolute Gasteiger partial charge is 0.0521 e. The van der Waals surface area contributed by atoms with Crippen molar-refractivity contribution in [1.29, 1.82) is 0 Å². The van der Waals surface area contributed by atoms with Crippen molar-refractivity contribution in [3.63, 3.8) is 0 Å². The van der Waals surface area contributed by atoms with Crippen LogP contribution in [0.25, 0.3) is 0 Å². The fourth-order valence-electron chi connectivity index (χ4n) is 2.64. The molecule has 1 unspecified atom stereocenters. The third kappa shape index (κ3) is 2.74. The Labute approximate surface area is 86.4 Å². The summed E-state index contributed by atoms with van der Waals surface area (Å²) in [6.07, 6.45) is 13.4. The van der Waals surface area contributed by atoms with E-state index in [0.717, 1.165) is 5.92 Å². The highest BCUT2D eigenvalue weighted by molar-refractivity contribution is 6.22. The molecule has 1 heteroatoms. The SMILES string of the molecule is ClC1C=C(CCC2CCCC2)CC1. The molecule has 2 aliphatic carbocycles. The molecule has 0 amide bonds. The summed E-state index contributed by atoms with van der Waals surface area (Å²) in [4.78, 5) is 0. The van der Waals surface area contributed by atoms with E-state index in [1.165, 1.54) is 51.4 Å². The topological polar surface area (TPSA) is 0 Å². The Kier molecular flexibility index (Phi) is 3.32.